The summed E-state index contributed by atoms with van der Waals surface area (Å²) in [5.74, 6) is 0.761. The molecule has 10 nitrogen and oxygen atoms in total. The van der Waals surface area contributed by atoms with Crippen LogP contribution < -0.4 is 15.0 Å². The van der Waals surface area contributed by atoms with Crippen molar-refractivity contribution < 1.29 is 36.7 Å². The smallest absolute Gasteiger partial charge is 0.439 e. The third-order valence-corrected chi connectivity index (χ3v) is 5.65. The van der Waals surface area contributed by atoms with E-state index in [-0.39, 0.29) is 18.4 Å². The van der Waals surface area contributed by atoms with Gasteiger partial charge in [0, 0.05) is 25.7 Å². The van der Waals surface area contributed by atoms with Crippen molar-refractivity contribution in [3.63, 3.8) is 0 Å². The lowest BCUT2D eigenvalue weighted by atomic mass is 10.1. The van der Waals surface area contributed by atoms with Crippen molar-refractivity contribution in [2.24, 2.45) is 0 Å². The molecule has 1 aromatic carbocycles. The highest BCUT2D eigenvalue weighted by Gasteiger charge is 2.22. The Hall–Kier alpha value is -3.63. The van der Waals surface area contributed by atoms with E-state index in [1.54, 1.807) is 42.6 Å². The van der Waals surface area contributed by atoms with Gasteiger partial charge in [-0.3, -0.25) is 10.3 Å². The Balaban J connectivity index is 1.44. The minimum atomic E-state index is -4.15. The fraction of sp³-hybridized carbons (Fsp3) is 0.136. The minimum absolute atomic E-state index is 0.168. The molecule has 0 bridgehead atoms. The van der Waals surface area contributed by atoms with Crippen LogP contribution in [0.5, 0.6) is 11.6 Å². The first-order valence-corrected chi connectivity index (χ1v) is 11.5. The molecule has 0 aliphatic heterocycles. The molecule has 4 rings (SSSR count). The number of nitrogen functional groups attached to an aromatic ring is 1. The molecular formula is C22H21FN4O6P+. The fourth-order valence-corrected chi connectivity index (χ4v) is 3.42. The molecule has 0 saturated carbocycles. The van der Waals surface area contributed by atoms with Crippen LogP contribution in [0.2, 0.25) is 0 Å². The van der Waals surface area contributed by atoms with Gasteiger partial charge in [-0.1, -0.05) is 23.4 Å². The first-order chi connectivity index (χ1) is 16.3. The van der Waals surface area contributed by atoms with Crippen molar-refractivity contribution in [2.75, 3.05) is 12.8 Å². The average molecular weight is 487 g/mol. The van der Waals surface area contributed by atoms with Crippen LogP contribution in [0.4, 0.5) is 10.2 Å². The van der Waals surface area contributed by atoms with Gasteiger partial charge < -0.3 is 14.2 Å². The van der Waals surface area contributed by atoms with Gasteiger partial charge in [0.15, 0.2) is 5.76 Å². The average Bonchev–Trinajstić information content (AvgIpc) is 3.28. The Bertz CT molecular complexity index is 1330. The van der Waals surface area contributed by atoms with E-state index >= 15 is 0 Å². The van der Waals surface area contributed by atoms with Crippen molar-refractivity contribution >= 4 is 13.6 Å². The minimum Gasteiger partial charge on any atom is -0.439 e. The zero-order valence-electron chi connectivity index (χ0n) is 18.0. The van der Waals surface area contributed by atoms with Crippen molar-refractivity contribution in [3.05, 3.63) is 84.1 Å². The van der Waals surface area contributed by atoms with Gasteiger partial charge in [-0.25, -0.2) is 13.7 Å². The Morgan fingerprint density at radius 1 is 1.18 bits per heavy atom. The van der Waals surface area contributed by atoms with Crippen LogP contribution in [0.3, 0.4) is 0 Å². The van der Waals surface area contributed by atoms with Crippen LogP contribution in [-0.4, -0.2) is 22.1 Å². The molecule has 1 atom stereocenters. The number of hydrogen-bond donors (Lipinski definition) is 2. The highest BCUT2D eigenvalue weighted by molar-refractivity contribution is 7.47. The molecule has 0 aliphatic rings. The summed E-state index contributed by atoms with van der Waals surface area (Å²) < 4.78 is 46.4. The molecule has 0 fully saturated rings. The van der Waals surface area contributed by atoms with Crippen LogP contribution in [0.15, 0.2) is 71.4 Å². The Labute approximate surface area is 194 Å². The van der Waals surface area contributed by atoms with Gasteiger partial charge in [-0.15, -0.1) is 0 Å². The maximum atomic E-state index is 13.2. The fourth-order valence-electron chi connectivity index (χ4n) is 3.05. The van der Waals surface area contributed by atoms with Crippen molar-refractivity contribution in [2.45, 2.75) is 13.2 Å². The summed E-state index contributed by atoms with van der Waals surface area (Å²) in [5.41, 5.74) is 8.33. The number of ether oxygens (including phenoxy) is 1. The number of pyridine rings is 2. The molecule has 0 aliphatic carbocycles. The van der Waals surface area contributed by atoms with Gasteiger partial charge in [0.25, 0.3) is 5.82 Å². The summed E-state index contributed by atoms with van der Waals surface area (Å²) in [5, 5.41) is 4.10. The number of hydrogen-bond acceptors (Lipinski definition) is 8. The van der Waals surface area contributed by atoms with Crippen LogP contribution in [0.25, 0.3) is 11.3 Å². The monoisotopic (exact) mass is 487 g/mol. The van der Waals surface area contributed by atoms with Crippen molar-refractivity contribution in [1.82, 2.24) is 10.1 Å². The zero-order valence-corrected chi connectivity index (χ0v) is 18.9. The van der Waals surface area contributed by atoms with E-state index in [4.69, 9.17) is 19.5 Å². The molecule has 0 radical (unpaired) electrons. The lowest BCUT2D eigenvalue weighted by molar-refractivity contribution is -0.711. The normalized spacial score (nSPS) is 12.9. The number of halogens is 1. The summed E-state index contributed by atoms with van der Waals surface area (Å²) in [6, 6.07) is 16.7. The van der Waals surface area contributed by atoms with Crippen molar-refractivity contribution in [3.8, 4) is 23.0 Å². The molecule has 176 valence electrons. The molecule has 0 spiro atoms. The highest BCUT2D eigenvalue weighted by Crippen LogP contribution is 2.41. The zero-order chi connectivity index (χ0) is 24.1. The molecule has 3 N–H and O–H groups in total. The molecule has 0 saturated heterocycles. The number of nitrogens with zero attached hydrogens (tertiary/aromatic N) is 3. The molecule has 1 unspecified atom stereocenters. The number of nitrogens with two attached hydrogens (primary N) is 1. The predicted molar refractivity (Wildman–Crippen MR) is 118 cm³/mol. The lowest BCUT2D eigenvalue weighted by Crippen LogP contribution is -2.38. The summed E-state index contributed by atoms with van der Waals surface area (Å²) in [7, 11) is -3.07. The van der Waals surface area contributed by atoms with E-state index in [1.165, 1.54) is 16.7 Å². The van der Waals surface area contributed by atoms with Gasteiger partial charge in [-0.2, -0.15) is 9.37 Å². The van der Waals surface area contributed by atoms with E-state index in [0.29, 0.717) is 29.2 Å². The SMILES string of the molecule is COP(=O)(O)OC[n+]1cccc(-c2cc(Cc3ccc(Oc4cccc(F)n4)cc3)no2)c1N. The second kappa shape index (κ2) is 10.1. The van der Waals surface area contributed by atoms with Crippen LogP contribution in [-0.2, 0) is 26.8 Å². The maximum Gasteiger partial charge on any atom is 0.475 e. The number of phosphoric ester groups is 1. The van der Waals surface area contributed by atoms with Crippen LogP contribution >= 0.6 is 7.82 Å². The number of rotatable bonds is 9. The summed E-state index contributed by atoms with van der Waals surface area (Å²) in [6.45, 7) is -0.290. The largest absolute Gasteiger partial charge is 0.475 e. The van der Waals surface area contributed by atoms with E-state index in [2.05, 4.69) is 14.7 Å². The first kappa shape index (κ1) is 23.5. The molecular weight excluding hydrogens is 466 g/mol. The Morgan fingerprint density at radius 3 is 2.71 bits per heavy atom. The summed E-state index contributed by atoms with van der Waals surface area (Å²) in [4.78, 5) is 13.1. The van der Waals surface area contributed by atoms with Gasteiger partial charge in [0.2, 0.25) is 18.6 Å². The third-order valence-electron chi connectivity index (χ3n) is 4.75. The summed E-state index contributed by atoms with van der Waals surface area (Å²) in [6.07, 6.45) is 2.08. The van der Waals surface area contributed by atoms with Crippen LogP contribution in [0.1, 0.15) is 11.3 Å². The van der Waals surface area contributed by atoms with Crippen LogP contribution in [0, 0.1) is 5.95 Å². The quantitative estimate of drug-likeness (QED) is 0.205. The molecule has 0 amide bonds. The summed E-state index contributed by atoms with van der Waals surface area (Å²) >= 11 is 0. The standard InChI is InChI=1S/C22H20FN4O6P/c1-30-34(28,29)31-14-27-11-3-4-18(22(27)24)19-13-16(26-33-19)12-15-7-9-17(10-8-15)32-21-6-2-5-20(23)25-21/h2-11,13,24H,12,14H2,1H3,(H,28,29)/p+1. The van der Waals surface area contributed by atoms with Crippen molar-refractivity contribution in [1.29, 1.82) is 0 Å². The molecule has 12 heteroatoms. The number of anilines is 1. The first-order valence-electron chi connectivity index (χ1n) is 9.99. The Morgan fingerprint density at radius 2 is 1.97 bits per heavy atom. The lowest BCUT2D eigenvalue weighted by Gasteiger charge is -2.09. The maximum absolute atomic E-state index is 13.2. The predicted octanol–water partition coefficient (Wildman–Crippen LogP) is 3.85. The van der Waals surface area contributed by atoms with Gasteiger partial charge in [-0.05, 0) is 35.9 Å². The van der Waals surface area contributed by atoms with E-state index < -0.39 is 13.8 Å². The molecule has 34 heavy (non-hydrogen) atoms. The third kappa shape index (κ3) is 5.83. The van der Waals surface area contributed by atoms with E-state index in [0.717, 1.165) is 12.7 Å². The topological polar surface area (TPSA) is 134 Å². The number of aromatic nitrogens is 3. The molecule has 3 aromatic heterocycles. The Kier molecular flexibility index (Phi) is 6.99. The second-order valence-electron chi connectivity index (χ2n) is 7.09. The highest BCUT2D eigenvalue weighted by atomic mass is 31.2. The van der Waals surface area contributed by atoms with Gasteiger partial charge in [0.1, 0.15) is 11.3 Å². The number of benzene rings is 1. The molecule has 4 aromatic rings. The van der Waals surface area contributed by atoms with E-state index in [1.807, 2.05) is 12.1 Å². The second-order valence-corrected chi connectivity index (χ2v) is 8.65. The molecule has 3 heterocycles. The van der Waals surface area contributed by atoms with Gasteiger partial charge in [0.05, 0.1) is 11.9 Å². The number of phosphoric acid groups is 1. The van der Waals surface area contributed by atoms with Gasteiger partial charge >= 0.3 is 7.82 Å². The van der Waals surface area contributed by atoms with E-state index in [9.17, 15) is 13.8 Å².